The van der Waals surface area contributed by atoms with Crippen molar-refractivity contribution in [1.29, 1.82) is 0 Å². The Kier molecular flexibility index (Phi) is 8.21. The standard InChI is InChI=1S/C35H31N5O3S/c1-25-33(34(41)39(37(25)2)29-18-10-5-11-19-29)36-35-38(32(24-44-35)28-17-12-20-30(23-28)40(42)43)22-21-31(26-13-6-3-7-14-26)27-15-8-4-9-16-27/h3-20,23-24,31H,21-22H2,1-2H3. The van der Waals surface area contributed by atoms with E-state index in [0.29, 0.717) is 17.0 Å². The van der Waals surface area contributed by atoms with Crippen LogP contribution in [0.5, 0.6) is 0 Å². The quantitative estimate of drug-likeness (QED) is 0.128. The Balaban J connectivity index is 1.49. The highest BCUT2D eigenvalue weighted by Crippen LogP contribution is 2.31. The van der Waals surface area contributed by atoms with Crippen molar-refractivity contribution < 1.29 is 4.92 Å². The first-order valence-electron chi connectivity index (χ1n) is 14.3. The summed E-state index contributed by atoms with van der Waals surface area (Å²) in [6, 6.07) is 36.9. The molecule has 0 aliphatic carbocycles. The summed E-state index contributed by atoms with van der Waals surface area (Å²) in [4.78, 5) is 30.6. The molecule has 0 fully saturated rings. The van der Waals surface area contributed by atoms with E-state index >= 15 is 0 Å². The van der Waals surface area contributed by atoms with E-state index in [0.717, 1.165) is 29.1 Å². The van der Waals surface area contributed by atoms with E-state index < -0.39 is 0 Å². The minimum Gasteiger partial charge on any atom is -0.316 e. The largest absolute Gasteiger partial charge is 0.316 e. The first-order valence-corrected chi connectivity index (χ1v) is 15.2. The van der Waals surface area contributed by atoms with Gasteiger partial charge in [0.1, 0.15) is 0 Å². The fourth-order valence-electron chi connectivity index (χ4n) is 5.58. The maximum Gasteiger partial charge on any atom is 0.297 e. The molecule has 0 atom stereocenters. The van der Waals surface area contributed by atoms with Crippen LogP contribution in [0.25, 0.3) is 16.9 Å². The fraction of sp³-hybridized carbons (Fsp3) is 0.143. The van der Waals surface area contributed by atoms with Crippen LogP contribution < -0.4 is 10.4 Å². The third kappa shape index (κ3) is 5.69. The molecule has 8 nitrogen and oxygen atoms in total. The maximum absolute atomic E-state index is 13.7. The van der Waals surface area contributed by atoms with Gasteiger partial charge in [0.2, 0.25) is 0 Å². The number of nitro groups is 1. The van der Waals surface area contributed by atoms with Crippen molar-refractivity contribution in [2.45, 2.75) is 25.8 Å². The van der Waals surface area contributed by atoms with Crippen molar-refractivity contribution in [3.63, 3.8) is 0 Å². The zero-order chi connectivity index (χ0) is 30.6. The molecule has 0 bridgehead atoms. The number of non-ortho nitro benzene ring substituents is 1. The van der Waals surface area contributed by atoms with Crippen molar-refractivity contribution in [2.24, 2.45) is 12.0 Å². The summed E-state index contributed by atoms with van der Waals surface area (Å²) in [6.45, 7) is 2.47. The lowest BCUT2D eigenvalue weighted by molar-refractivity contribution is -0.384. The summed E-state index contributed by atoms with van der Waals surface area (Å²) in [7, 11) is 1.85. The Labute approximate surface area is 258 Å². The Morgan fingerprint density at radius 2 is 1.48 bits per heavy atom. The smallest absolute Gasteiger partial charge is 0.297 e. The fourth-order valence-corrected chi connectivity index (χ4v) is 6.52. The number of benzene rings is 4. The third-order valence-corrected chi connectivity index (χ3v) is 8.79. The highest BCUT2D eigenvalue weighted by Gasteiger charge is 2.20. The normalized spacial score (nSPS) is 11.8. The molecular weight excluding hydrogens is 570 g/mol. The average molecular weight is 602 g/mol. The molecule has 9 heteroatoms. The number of nitrogens with zero attached hydrogens (tertiary/aromatic N) is 5. The van der Waals surface area contributed by atoms with Crippen LogP contribution in [0.3, 0.4) is 0 Å². The van der Waals surface area contributed by atoms with Crippen LogP contribution >= 0.6 is 11.3 Å². The van der Waals surface area contributed by atoms with Crippen molar-refractivity contribution in [1.82, 2.24) is 13.9 Å². The molecule has 0 aliphatic rings. The van der Waals surface area contributed by atoms with Gasteiger partial charge in [-0.3, -0.25) is 19.6 Å². The Bertz CT molecular complexity index is 2000. The molecule has 6 aromatic rings. The molecule has 0 saturated carbocycles. The van der Waals surface area contributed by atoms with Crippen molar-refractivity contribution in [3.05, 3.63) is 163 Å². The first-order chi connectivity index (χ1) is 21.4. The minimum atomic E-state index is -0.383. The summed E-state index contributed by atoms with van der Waals surface area (Å²) < 4.78 is 5.52. The molecule has 2 heterocycles. The third-order valence-electron chi connectivity index (χ3n) is 7.93. The zero-order valence-electron chi connectivity index (χ0n) is 24.4. The van der Waals surface area contributed by atoms with Gasteiger partial charge in [0.25, 0.3) is 11.2 Å². The molecule has 44 heavy (non-hydrogen) atoms. The Morgan fingerprint density at radius 3 is 2.09 bits per heavy atom. The van der Waals surface area contributed by atoms with Crippen LogP contribution in [0, 0.1) is 17.0 Å². The van der Waals surface area contributed by atoms with Gasteiger partial charge in [0.15, 0.2) is 10.5 Å². The second-order valence-electron chi connectivity index (χ2n) is 10.5. The summed E-state index contributed by atoms with van der Waals surface area (Å²) in [5.74, 6) is 0.115. The monoisotopic (exact) mass is 601 g/mol. The van der Waals surface area contributed by atoms with Crippen LogP contribution in [-0.4, -0.2) is 18.9 Å². The van der Waals surface area contributed by atoms with E-state index in [9.17, 15) is 14.9 Å². The lowest BCUT2D eigenvalue weighted by atomic mass is 9.88. The first kappa shape index (κ1) is 28.8. The van der Waals surface area contributed by atoms with E-state index in [-0.39, 0.29) is 22.1 Å². The molecule has 0 amide bonds. The van der Waals surface area contributed by atoms with Crippen molar-refractivity contribution in [3.8, 4) is 16.9 Å². The van der Waals surface area contributed by atoms with Gasteiger partial charge < -0.3 is 4.57 Å². The summed E-state index contributed by atoms with van der Waals surface area (Å²) in [5.41, 5.74) is 5.61. The van der Waals surface area contributed by atoms with E-state index in [4.69, 9.17) is 4.99 Å². The molecule has 6 rings (SSSR count). The van der Waals surface area contributed by atoms with E-state index in [1.165, 1.54) is 28.5 Å². The maximum atomic E-state index is 13.7. The topological polar surface area (TPSA) is 87.4 Å². The molecule has 0 unspecified atom stereocenters. The summed E-state index contributed by atoms with van der Waals surface area (Å²) in [5, 5.41) is 13.6. The zero-order valence-corrected chi connectivity index (χ0v) is 25.2. The van der Waals surface area contributed by atoms with Gasteiger partial charge in [0.05, 0.1) is 22.0 Å². The molecule has 0 saturated heterocycles. The highest BCUT2D eigenvalue weighted by atomic mass is 32.1. The van der Waals surface area contributed by atoms with Crippen LogP contribution in [0.15, 0.2) is 130 Å². The van der Waals surface area contributed by atoms with E-state index in [1.807, 2.05) is 96.8 Å². The van der Waals surface area contributed by atoms with Gasteiger partial charge in [0, 0.05) is 42.6 Å². The number of para-hydroxylation sites is 1. The molecule has 4 aromatic carbocycles. The summed E-state index contributed by atoms with van der Waals surface area (Å²) in [6.07, 6.45) is 0.752. The Morgan fingerprint density at radius 1 is 0.864 bits per heavy atom. The number of hydrogen-bond acceptors (Lipinski definition) is 5. The van der Waals surface area contributed by atoms with Gasteiger partial charge in [-0.15, -0.1) is 11.3 Å². The lowest BCUT2D eigenvalue weighted by Crippen LogP contribution is -2.21. The van der Waals surface area contributed by atoms with Crippen LogP contribution in [0.4, 0.5) is 11.4 Å². The number of thiazole rings is 1. The molecule has 0 spiro atoms. The van der Waals surface area contributed by atoms with Gasteiger partial charge in [-0.05, 0) is 36.6 Å². The van der Waals surface area contributed by atoms with Gasteiger partial charge in [-0.1, -0.05) is 91.0 Å². The molecule has 2 aromatic heterocycles. The van der Waals surface area contributed by atoms with Gasteiger partial charge in [-0.2, -0.15) is 0 Å². The highest BCUT2D eigenvalue weighted by molar-refractivity contribution is 7.07. The molecule has 0 radical (unpaired) electrons. The predicted molar refractivity (Wildman–Crippen MR) is 175 cm³/mol. The lowest BCUT2D eigenvalue weighted by Gasteiger charge is -2.19. The molecule has 0 N–H and O–H groups in total. The number of hydrogen-bond donors (Lipinski definition) is 0. The summed E-state index contributed by atoms with van der Waals surface area (Å²) >= 11 is 1.42. The van der Waals surface area contributed by atoms with E-state index in [2.05, 4.69) is 28.8 Å². The number of aromatic nitrogens is 3. The second kappa shape index (κ2) is 12.5. The SMILES string of the molecule is Cc1c(N=c2scc(-c3cccc([N+](=O)[O-])c3)n2CCC(c2ccccc2)c2ccccc2)c(=O)n(-c2ccccc2)n1C. The minimum absolute atomic E-state index is 0.0230. The van der Waals surface area contributed by atoms with Crippen LogP contribution in [-0.2, 0) is 13.6 Å². The number of rotatable bonds is 9. The molecule has 0 aliphatic heterocycles. The second-order valence-corrected chi connectivity index (χ2v) is 11.4. The van der Waals surface area contributed by atoms with Gasteiger partial charge >= 0.3 is 0 Å². The number of nitro benzene ring substituents is 1. The predicted octanol–water partition coefficient (Wildman–Crippen LogP) is 7.38. The average Bonchev–Trinajstić information content (AvgIpc) is 3.55. The Hall–Kier alpha value is -5.28. The van der Waals surface area contributed by atoms with Crippen molar-refractivity contribution in [2.75, 3.05) is 0 Å². The van der Waals surface area contributed by atoms with Crippen molar-refractivity contribution >= 4 is 22.7 Å². The van der Waals surface area contributed by atoms with Crippen LogP contribution in [0.2, 0.25) is 0 Å². The molecule has 220 valence electrons. The van der Waals surface area contributed by atoms with Gasteiger partial charge in [-0.25, -0.2) is 9.67 Å². The van der Waals surface area contributed by atoms with E-state index in [1.54, 1.807) is 16.8 Å². The van der Waals surface area contributed by atoms with Crippen LogP contribution in [0.1, 0.15) is 29.2 Å². The molecular formula is C35H31N5O3S.